The molecule has 0 fully saturated rings. The Kier molecular flexibility index (Phi) is 3.03. The molecule has 0 spiro atoms. The van der Waals surface area contributed by atoms with Crippen LogP contribution in [0.3, 0.4) is 0 Å². The van der Waals surface area contributed by atoms with Crippen LogP contribution >= 0.6 is 0 Å². The summed E-state index contributed by atoms with van der Waals surface area (Å²) in [5, 5.41) is 7.21. The predicted octanol–water partition coefficient (Wildman–Crippen LogP) is 7.84. The molecule has 140 valence electrons. The van der Waals surface area contributed by atoms with Gasteiger partial charge in [-0.25, -0.2) is 0 Å². The van der Waals surface area contributed by atoms with Crippen molar-refractivity contribution in [3.05, 3.63) is 103 Å². The van der Waals surface area contributed by atoms with Gasteiger partial charge in [-0.3, -0.25) is 0 Å². The third kappa shape index (κ3) is 2.03. The van der Waals surface area contributed by atoms with Gasteiger partial charge in [-0.15, -0.1) is 0 Å². The Morgan fingerprint density at radius 1 is 0.500 bits per heavy atom. The summed E-state index contributed by atoms with van der Waals surface area (Å²) >= 11 is 0. The second-order valence-corrected chi connectivity index (χ2v) is 7.82. The molecular formula is C28H17NO. The lowest BCUT2D eigenvalue weighted by Crippen LogP contribution is -1.92. The van der Waals surface area contributed by atoms with Crippen LogP contribution in [0.1, 0.15) is 0 Å². The maximum absolute atomic E-state index is 6.33. The molecule has 0 N–H and O–H groups in total. The Morgan fingerprint density at radius 3 is 2.17 bits per heavy atom. The molecule has 7 rings (SSSR count). The van der Waals surface area contributed by atoms with Gasteiger partial charge in [0.15, 0.2) is 0 Å². The number of aromatic nitrogens is 1. The Hall–Kier alpha value is -4.04. The maximum atomic E-state index is 6.33. The summed E-state index contributed by atoms with van der Waals surface area (Å²) in [6.07, 6.45) is 0. The lowest BCUT2D eigenvalue weighted by molar-refractivity contribution is 0.672. The molecule has 0 aliphatic heterocycles. The van der Waals surface area contributed by atoms with Gasteiger partial charge in [0.2, 0.25) is 0 Å². The van der Waals surface area contributed by atoms with Crippen LogP contribution in [0.5, 0.6) is 0 Å². The van der Waals surface area contributed by atoms with Gasteiger partial charge in [0.05, 0.1) is 11.0 Å². The second-order valence-electron chi connectivity index (χ2n) is 7.82. The lowest BCUT2D eigenvalue weighted by atomic mass is 10.0. The first-order valence-corrected chi connectivity index (χ1v) is 10.2. The number of hydrogen-bond acceptors (Lipinski definition) is 1. The van der Waals surface area contributed by atoms with E-state index < -0.39 is 0 Å². The Balaban J connectivity index is 1.70. The SMILES string of the molecule is c1ccc(-n2c3ccccc3c3cc4ccc5c6ccccc6oc5c4cc32)cc1. The highest BCUT2D eigenvalue weighted by Gasteiger charge is 2.16. The average molecular weight is 383 g/mol. The molecule has 0 radical (unpaired) electrons. The molecule has 2 aromatic heterocycles. The summed E-state index contributed by atoms with van der Waals surface area (Å²) in [7, 11) is 0. The second kappa shape index (κ2) is 5.74. The highest BCUT2D eigenvalue weighted by molar-refractivity contribution is 6.20. The minimum absolute atomic E-state index is 0.934. The maximum Gasteiger partial charge on any atom is 0.143 e. The summed E-state index contributed by atoms with van der Waals surface area (Å²) in [6, 6.07) is 36.5. The first kappa shape index (κ1) is 15.8. The number of furan rings is 1. The molecule has 0 unspecified atom stereocenters. The van der Waals surface area contributed by atoms with Crippen molar-refractivity contribution in [2.24, 2.45) is 0 Å². The number of benzene rings is 5. The molecule has 0 atom stereocenters. The van der Waals surface area contributed by atoms with Crippen molar-refractivity contribution in [2.75, 3.05) is 0 Å². The largest absolute Gasteiger partial charge is 0.455 e. The van der Waals surface area contributed by atoms with Gasteiger partial charge in [0, 0.05) is 32.6 Å². The van der Waals surface area contributed by atoms with Crippen LogP contribution in [0.2, 0.25) is 0 Å². The van der Waals surface area contributed by atoms with Gasteiger partial charge in [-0.1, -0.05) is 60.7 Å². The van der Waals surface area contributed by atoms with Crippen LogP contribution < -0.4 is 0 Å². The molecule has 0 aliphatic rings. The summed E-state index contributed by atoms with van der Waals surface area (Å²) in [6.45, 7) is 0. The zero-order valence-electron chi connectivity index (χ0n) is 16.2. The quantitative estimate of drug-likeness (QED) is 0.282. The Morgan fingerprint density at radius 2 is 1.27 bits per heavy atom. The third-order valence-corrected chi connectivity index (χ3v) is 6.17. The molecule has 0 saturated heterocycles. The molecule has 5 aromatic carbocycles. The molecule has 0 bridgehead atoms. The van der Waals surface area contributed by atoms with Crippen LogP contribution in [-0.4, -0.2) is 4.57 Å². The van der Waals surface area contributed by atoms with Crippen LogP contribution in [0.25, 0.3) is 60.2 Å². The zero-order valence-corrected chi connectivity index (χ0v) is 16.2. The van der Waals surface area contributed by atoms with E-state index in [1.165, 1.54) is 38.3 Å². The topological polar surface area (TPSA) is 18.1 Å². The summed E-state index contributed by atoms with van der Waals surface area (Å²) in [5.74, 6) is 0. The Bertz CT molecular complexity index is 1740. The number of nitrogens with zero attached hydrogens (tertiary/aromatic N) is 1. The van der Waals surface area contributed by atoms with Gasteiger partial charge >= 0.3 is 0 Å². The molecule has 30 heavy (non-hydrogen) atoms. The Labute approximate surface area is 172 Å². The van der Waals surface area contributed by atoms with E-state index in [1.807, 2.05) is 12.1 Å². The normalized spacial score (nSPS) is 12.0. The number of rotatable bonds is 1. The lowest BCUT2D eigenvalue weighted by Gasteiger charge is -2.08. The molecule has 2 nitrogen and oxygen atoms in total. The average Bonchev–Trinajstić information content (AvgIpc) is 3.34. The minimum Gasteiger partial charge on any atom is -0.455 e. The van der Waals surface area contributed by atoms with E-state index in [1.54, 1.807) is 0 Å². The molecule has 0 aliphatic carbocycles. The number of para-hydroxylation sites is 3. The van der Waals surface area contributed by atoms with Crippen molar-refractivity contribution >= 4 is 54.5 Å². The van der Waals surface area contributed by atoms with E-state index in [4.69, 9.17) is 4.42 Å². The smallest absolute Gasteiger partial charge is 0.143 e. The van der Waals surface area contributed by atoms with Crippen molar-refractivity contribution in [3.63, 3.8) is 0 Å². The first-order chi connectivity index (χ1) is 14.9. The molecule has 0 saturated carbocycles. The van der Waals surface area contributed by atoms with E-state index in [2.05, 4.69) is 95.6 Å². The highest BCUT2D eigenvalue weighted by Crippen LogP contribution is 2.39. The fourth-order valence-corrected chi connectivity index (χ4v) is 4.83. The van der Waals surface area contributed by atoms with E-state index in [9.17, 15) is 0 Å². The summed E-state index contributed by atoms with van der Waals surface area (Å²) in [5.41, 5.74) is 5.47. The van der Waals surface area contributed by atoms with Crippen LogP contribution in [0.4, 0.5) is 0 Å². The zero-order chi connectivity index (χ0) is 19.7. The standard InChI is InChI=1S/C28H17NO/c1-2-8-19(9-3-1)29-25-12-6-4-10-20(25)24-16-18-14-15-22-21-11-5-7-13-27(21)30-28(22)23(18)17-26(24)29/h1-17H. The molecule has 2 heterocycles. The highest BCUT2D eigenvalue weighted by atomic mass is 16.3. The molecule has 0 amide bonds. The molecule has 2 heteroatoms. The molecular weight excluding hydrogens is 366 g/mol. The fraction of sp³-hybridized carbons (Fsp3) is 0. The molecule has 7 aromatic rings. The number of hydrogen-bond donors (Lipinski definition) is 0. The van der Waals surface area contributed by atoms with Crippen molar-refractivity contribution in [1.82, 2.24) is 4.57 Å². The monoisotopic (exact) mass is 383 g/mol. The minimum atomic E-state index is 0.934. The van der Waals surface area contributed by atoms with Crippen molar-refractivity contribution < 1.29 is 4.42 Å². The van der Waals surface area contributed by atoms with Crippen molar-refractivity contribution in [2.45, 2.75) is 0 Å². The van der Waals surface area contributed by atoms with Crippen molar-refractivity contribution in [1.29, 1.82) is 0 Å². The predicted molar refractivity (Wildman–Crippen MR) is 126 cm³/mol. The van der Waals surface area contributed by atoms with Gasteiger partial charge in [-0.2, -0.15) is 0 Å². The van der Waals surface area contributed by atoms with Crippen LogP contribution in [0.15, 0.2) is 108 Å². The van der Waals surface area contributed by atoms with Gasteiger partial charge in [-0.05, 0) is 47.9 Å². The van der Waals surface area contributed by atoms with E-state index >= 15 is 0 Å². The van der Waals surface area contributed by atoms with Gasteiger partial charge < -0.3 is 8.98 Å². The van der Waals surface area contributed by atoms with Gasteiger partial charge in [0.25, 0.3) is 0 Å². The first-order valence-electron chi connectivity index (χ1n) is 10.2. The van der Waals surface area contributed by atoms with Gasteiger partial charge in [0.1, 0.15) is 11.2 Å². The fourth-order valence-electron chi connectivity index (χ4n) is 4.83. The van der Waals surface area contributed by atoms with E-state index in [0.29, 0.717) is 0 Å². The summed E-state index contributed by atoms with van der Waals surface area (Å²) in [4.78, 5) is 0. The number of fused-ring (bicyclic) bond motifs is 8. The van der Waals surface area contributed by atoms with E-state index in [-0.39, 0.29) is 0 Å². The van der Waals surface area contributed by atoms with Crippen LogP contribution in [0, 0.1) is 0 Å². The third-order valence-electron chi connectivity index (χ3n) is 6.17. The van der Waals surface area contributed by atoms with E-state index in [0.717, 1.165) is 21.9 Å². The van der Waals surface area contributed by atoms with Crippen LogP contribution in [-0.2, 0) is 0 Å². The van der Waals surface area contributed by atoms with Crippen molar-refractivity contribution in [3.8, 4) is 5.69 Å². The summed E-state index contributed by atoms with van der Waals surface area (Å²) < 4.78 is 8.68.